The Bertz CT molecular complexity index is 1170. The topological polar surface area (TPSA) is 76.2 Å². The third-order valence-electron chi connectivity index (χ3n) is 6.43. The lowest BCUT2D eigenvalue weighted by Crippen LogP contribution is -2.50. The highest BCUT2D eigenvalue weighted by Crippen LogP contribution is 2.36. The SMILES string of the molecule is COc1cc(C)c(S(=O)(=O)N2CCC(N3C(=O)OCc4cc(Br)ccc43)CC2)c(C)c1C. The normalized spacial score (nSPS) is 17.8. The van der Waals surface area contributed by atoms with Gasteiger partial charge in [0.15, 0.2) is 0 Å². The molecule has 0 aliphatic carbocycles. The number of amides is 1. The van der Waals surface area contributed by atoms with E-state index in [2.05, 4.69) is 15.9 Å². The standard InChI is InChI=1S/C23H27BrN2O5S/c1-14-11-21(30-4)15(2)16(3)22(14)32(28,29)25-9-7-19(8-10-25)26-20-6-5-18(24)12-17(20)13-31-23(26)27/h5-6,11-12,19H,7-10,13H2,1-4H3. The van der Waals surface area contributed by atoms with Gasteiger partial charge in [-0.25, -0.2) is 13.2 Å². The van der Waals surface area contributed by atoms with Crippen molar-refractivity contribution in [1.82, 2.24) is 4.31 Å². The fourth-order valence-corrected chi connectivity index (χ4v) is 7.02. The van der Waals surface area contributed by atoms with E-state index in [0.29, 0.717) is 47.7 Å². The number of hydrogen-bond acceptors (Lipinski definition) is 5. The van der Waals surface area contributed by atoms with E-state index in [4.69, 9.17) is 9.47 Å². The number of halogens is 1. The van der Waals surface area contributed by atoms with Crippen molar-refractivity contribution in [1.29, 1.82) is 0 Å². The number of aryl methyl sites for hydroxylation is 1. The largest absolute Gasteiger partial charge is 0.496 e. The van der Waals surface area contributed by atoms with Crippen molar-refractivity contribution >= 4 is 37.7 Å². The molecule has 9 heteroatoms. The second kappa shape index (κ2) is 8.68. The van der Waals surface area contributed by atoms with Crippen molar-refractivity contribution in [2.45, 2.75) is 51.2 Å². The van der Waals surface area contributed by atoms with Crippen molar-refractivity contribution < 1.29 is 22.7 Å². The first-order valence-electron chi connectivity index (χ1n) is 10.5. The summed E-state index contributed by atoms with van der Waals surface area (Å²) in [4.78, 5) is 14.6. The van der Waals surface area contributed by atoms with E-state index < -0.39 is 10.0 Å². The molecular weight excluding hydrogens is 496 g/mol. The maximum Gasteiger partial charge on any atom is 0.414 e. The Morgan fingerprint density at radius 1 is 1.09 bits per heavy atom. The molecule has 0 unspecified atom stereocenters. The fourth-order valence-electron chi connectivity index (χ4n) is 4.66. The summed E-state index contributed by atoms with van der Waals surface area (Å²) in [7, 11) is -2.08. The van der Waals surface area contributed by atoms with E-state index in [1.54, 1.807) is 25.0 Å². The molecule has 1 fully saturated rings. The Balaban J connectivity index is 1.57. The molecule has 2 aliphatic rings. The molecule has 7 nitrogen and oxygen atoms in total. The molecule has 0 atom stereocenters. The van der Waals surface area contributed by atoms with Crippen LogP contribution in [0.4, 0.5) is 10.5 Å². The summed E-state index contributed by atoms with van der Waals surface area (Å²) < 4.78 is 40.3. The number of carbonyl (C=O) groups excluding carboxylic acids is 1. The molecule has 1 amide bonds. The van der Waals surface area contributed by atoms with Gasteiger partial charge in [0.05, 0.1) is 17.7 Å². The maximum atomic E-state index is 13.5. The van der Waals surface area contributed by atoms with Gasteiger partial charge in [0.1, 0.15) is 12.4 Å². The van der Waals surface area contributed by atoms with E-state index in [9.17, 15) is 13.2 Å². The zero-order valence-corrected chi connectivity index (χ0v) is 21.0. The van der Waals surface area contributed by atoms with E-state index in [1.807, 2.05) is 32.0 Å². The number of sulfonamides is 1. The van der Waals surface area contributed by atoms with Crippen LogP contribution in [0.3, 0.4) is 0 Å². The molecule has 2 aromatic rings. The molecule has 0 bridgehead atoms. The average Bonchev–Trinajstić information content (AvgIpc) is 2.76. The predicted octanol–water partition coefficient (Wildman–Crippen LogP) is 4.69. The van der Waals surface area contributed by atoms with Gasteiger partial charge < -0.3 is 9.47 Å². The fraction of sp³-hybridized carbons (Fsp3) is 0.435. The molecule has 1 saturated heterocycles. The molecule has 2 heterocycles. The van der Waals surface area contributed by atoms with Crippen LogP contribution in [-0.2, 0) is 21.4 Å². The van der Waals surface area contributed by atoms with Crippen LogP contribution < -0.4 is 9.64 Å². The highest BCUT2D eigenvalue weighted by atomic mass is 79.9. The minimum atomic E-state index is -3.67. The first-order valence-corrected chi connectivity index (χ1v) is 12.8. The van der Waals surface area contributed by atoms with Crippen LogP contribution >= 0.6 is 15.9 Å². The number of anilines is 1. The smallest absolute Gasteiger partial charge is 0.414 e. The summed E-state index contributed by atoms with van der Waals surface area (Å²) in [6, 6.07) is 7.43. The summed E-state index contributed by atoms with van der Waals surface area (Å²) in [6.45, 7) is 6.42. The predicted molar refractivity (Wildman–Crippen MR) is 126 cm³/mol. The van der Waals surface area contributed by atoms with E-state index in [1.165, 1.54) is 4.31 Å². The monoisotopic (exact) mass is 522 g/mol. The zero-order valence-electron chi connectivity index (χ0n) is 18.6. The summed E-state index contributed by atoms with van der Waals surface area (Å²) in [5.74, 6) is 0.687. The first-order chi connectivity index (χ1) is 15.1. The van der Waals surface area contributed by atoms with Gasteiger partial charge in [-0.3, -0.25) is 4.90 Å². The number of piperidine rings is 1. The van der Waals surface area contributed by atoms with Crippen molar-refractivity contribution in [3.05, 3.63) is 51.0 Å². The Labute approximate surface area is 197 Å². The molecule has 32 heavy (non-hydrogen) atoms. The number of rotatable bonds is 4. The van der Waals surface area contributed by atoms with Gasteiger partial charge in [0.25, 0.3) is 0 Å². The van der Waals surface area contributed by atoms with Crippen LogP contribution in [0.5, 0.6) is 5.75 Å². The molecular formula is C23H27BrN2O5S. The third kappa shape index (κ3) is 3.91. The summed E-state index contributed by atoms with van der Waals surface area (Å²) >= 11 is 3.46. The Morgan fingerprint density at radius 3 is 2.44 bits per heavy atom. The summed E-state index contributed by atoms with van der Waals surface area (Å²) in [5.41, 5.74) is 3.98. The minimum Gasteiger partial charge on any atom is -0.496 e. The van der Waals surface area contributed by atoms with Crippen LogP contribution in [0, 0.1) is 20.8 Å². The second-order valence-electron chi connectivity index (χ2n) is 8.31. The van der Waals surface area contributed by atoms with E-state index in [0.717, 1.165) is 21.3 Å². The van der Waals surface area contributed by atoms with Crippen LogP contribution in [0.15, 0.2) is 33.6 Å². The number of carbonyl (C=O) groups is 1. The van der Waals surface area contributed by atoms with Crippen LogP contribution in [0.25, 0.3) is 0 Å². The average molecular weight is 523 g/mol. The lowest BCUT2D eigenvalue weighted by Gasteiger charge is -2.40. The molecule has 0 aromatic heterocycles. The molecule has 0 saturated carbocycles. The minimum absolute atomic E-state index is 0.117. The first kappa shape index (κ1) is 23.1. The number of fused-ring (bicyclic) bond motifs is 1. The molecule has 2 aliphatic heterocycles. The highest BCUT2D eigenvalue weighted by molar-refractivity contribution is 9.10. The van der Waals surface area contributed by atoms with Gasteiger partial charge in [0, 0.05) is 29.2 Å². The number of cyclic esters (lactones) is 1. The van der Waals surface area contributed by atoms with Crippen molar-refractivity contribution in [3.63, 3.8) is 0 Å². The maximum absolute atomic E-state index is 13.5. The Morgan fingerprint density at radius 2 is 1.78 bits per heavy atom. The van der Waals surface area contributed by atoms with Gasteiger partial charge in [-0.1, -0.05) is 15.9 Å². The van der Waals surface area contributed by atoms with Gasteiger partial charge >= 0.3 is 6.09 Å². The Kier molecular flexibility index (Phi) is 6.26. The van der Waals surface area contributed by atoms with Crippen LogP contribution in [0.2, 0.25) is 0 Å². The zero-order chi connectivity index (χ0) is 23.2. The van der Waals surface area contributed by atoms with Crippen molar-refractivity contribution in [2.75, 3.05) is 25.1 Å². The van der Waals surface area contributed by atoms with Gasteiger partial charge in [-0.05, 0) is 74.6 Å². The molecule has 0 N–H and O–H groups in total. The quantitative estimate of drug-likeness (QED) is 0.581. The number of methoxy groups -OCH3 is 1. The van der Waals surface area contributed by atoms with Crippen LogP contribution in [-0.4, -0.2) is 45.1 Å². The lowest BCUT2D eigenvalue weighted by atomic mass is 10.0. The number of hydrogen-bond donors (Lipinski definition) is 0. The highest BCUT2D eigenvalue weighted by Gasteiger charge is 2.38. The van der Waals surface area contributed by atoms with Gasteiger partial charge in [-0.2, -0.15) is 4.31 Å². The third-order valence-corrected chi connectivity index (χ3v) is 9.12. The molecule has 4 rings (SSSR count). The number of nitrogens with zero attached hydrogens (tertiary/aromatic N) is 2. The number of benzene rings is 2. The summed E-state index contributed by atoms with van der Waals surface area (Å²) in [5, 5.41) is 0. The molecule has 2 aromatic carbocycles. The molecule has 0 radical (unpaired) electrons. The van der Waals surface area contributed by atoms with Crippen molar-refractivity contribution in [3.8, 4) is 5.75 Å². The van der Waals surface area contributed by atoms with Gasteiger partial charge in [0.2, 0.25) is 10.0 Å². The molecule has 0 spiro atoms. The molecule has 172 valence electrons. The van der Waals surface area contributed by atoms with Crippen LogP contribution in [0.1, 0.15) is 35.1 Å². The number of ether oxygens (including phenoxy) is 2. The second-order valence-corrected chi connectivity index (χ2v) is 11.1. The Hall–Kier alpha value is -2.10. The summed E-state index contributed by atoms with van der Waals surface area (Å²) in [6.07, 6.45) is 0.701. The van der Waals surface area contributed by atoms with E-state index in [-0.39, 0.29) is 18.7 Å². The lowest BCUT2D eigenvalue weighted by molar-refractivity contribution is 0.135. The van der Waals surface area contributed by atoms with Crippen molar-refractivity contribution in [2.24, 2.45) is 0 Å². The van der Waals surface area contributed by atoms with Gasteiger partial charge in [-0.15, -0.1) is 0 Å². The van der Waals surface area contributed by atoms with E-state index >= 15 is 0 Å².